The lowest BCUT2D eigenvalue weighted by Gasteiger charge is -2.18. The topological polar surface area (TPSA) is 62.3 Å². The van der Waals surface area contributed by atoms with Crippen LogP contribution in [0.3, 0.4) is 0 Å². The van der Waals surface area contributed by atoms with Crippen molar-refractivity contribution < 1.29 is 9.59 Å². The number of carbonyl (C=O) groups excluding carboxylic acids is 2. The van der Waals surface area contributed by atoms with Crippen molar-refractivity contribution in [2.75, 3.05) is 13.1 Å². The molecule has 0 aliphatic carbocycles. The molecule has 0 spiro atoms. The SMILES string of the molecule is CCN(CC)C(=O)c1cc(C(=O)NCc2cccc(C)c2)ccn1. The van der Waals surface area contributed by atoms with Gasteiger partial charge in [0.15, 0.2) is 0 Å². The summed E-state index contributed by atoms with van der Waals surface area (Å²) in [5.74, 6) is -0.374. The number of amides is 2. The highest BCUT2D eigenvalue weighted by Crippen LogP contribution is 2.07. The van der Waals surface area contributed by atoms with E-state index in [1.54, 1.807) is 17.0 Å². The molecule has 0 radical (unpaired) electrons. The lowest BCUT2D eigenvalue weighted by molar-refractivity contribution is 0.0767. The first kappa shape index (κ1) is 17.7. The predicted octanol–water partition coefficient (Wildman–Crippen LogP) is 2.80. The average molecular weight is 325 g/mol. The van der Waals surface area contributed by atoms with E-state index in [1.165, 1.54) is 6.20 Å². The molecule has 0 saturated heterocycles. The molecule has 24 heavy (non-hydrogen) atoms. The van der Waals surface area contributed by atoms with Crippen LogP contribution in [0.1, 0.15) is 45.8 Å². The van der Waals surface area contributed by atoms with E-state index in [0.717, 1.165) is 11.1 Å². The van der Waals surface area contributed by atoms with Crippen molar-refractivity contribution in [3.05, 3.63) is 65.0 Å². The van der Waals surface area contributed by atoms with E-state index in [9.17, 15) is 9.59 Å². The summed E-state index contributed by atoms with van der Waals surface area (Å²) in [5.41, 5.74) is 2.92. The zero-order chi connectivity index (χ0) is 17.5. The minimum Gasteiger partial charge on any atom is -0.348 e. The van der Waals surface area contributed by atoms with Crippen LogP contribution in [-0.2, 0) is 6.54 Å². The van der Waals surface area contributed by atoms with Crippen LogP contribution < -0.4 is 5.32 Å². The number of aromatic nitrogens is 1. The van der Waals surface area contributed by atoms with Crippen LogP contribution in [0.2, 0.25) is 0 Å². The van der Waals surface area contributed by atoms with Crippen molar-refractivity contribution in [1.29, 1.82) is 0 Å². The Morgan fingerprint density at radius 2 is 1.88 bits per heavy atom. The molecule has 0 atom stereocenters. The van der Waals surface area contributed by atoms with Gasteiger partial charge in [-0.3, -0.25) is 14.6 Å². The molecule has 1 aromatic heterocycles. The van der Waals surface area contributed by atoms with Crippen LogP contribution in [0.4, 0.5) is 0 Å². The van der Waals surface area contributed by atoms with Gasteiger partial charge in [-0.2, -0.15) is 0 Å². The van der Waals surface area contributed by atoms with E-state index in [4.69, 9.17) is 0 Å². The van der Waals surface area contributed by atoms with Crippen molar-refractivity contribution in [3.63, 3.8) is 0 Å². The molecule has 0 saturated carbocycles. The number of pyridine rings is 1. The zero-order valence-corrected chi connectivity index (χ0v) is 14.4. The van der Waals surface area contributed by atoms with Crippen molar-refractivity contribution in [3.8, 4) is 0 Å². The summed E-state index contributed by atoms with van der Waals surface area (Å²) in [4.78, 5) is 30.4. The number of hydrogen-bond acceptors (Lipinski definition) is 3. The Labute approximate surface area is 142 Å². The number of nitrogens with one attached hydrogen (secondary N) is 1. The van der Waals surface area contributed by atoms with E-state index in [0.29, 0.717) is 30.9 Å². The monoisotopic (exact) mass is 325 g/mol. The van der Waals surface area contributed by atoms with Crippen LogP contribution in [0, 0.1) is 6.92 Å². The van der Waals surface area contributed by atoms with Gasteiger partial charge < -0.3 is 10.2 Å². The Kier molecular flexibility index (Phi) is 6.07. The van der Waals surface area contributed by atoms with E-state index < -0.39 is 0 Å². The van der Waals surface area contributed by atoms with Gasteiger partial charge >= 0.3 is 0 Å². The third kappa shape index (κ3) is 4.41. The van der Waals surface area contributed by atoms with Crippen molar-refractivity contribution in [2.45, 2.75) is 27.3 Å². The molecule has 126 valence electrons. The summed E-state index contributed by atoms with van der Waals surface area (Å²) >= 11 is 0. The lowest BCUT2D eigenvalue weighted by Crippen LogP contribution is -2.31. The molecule has 2 rings (SSSR count). The molecule has 1 heterocycles. The maximum atomic E-state index is 12.3. The molecule has 0 fully saturated rings. The van der Waals surface area contributed by atoms with E-state index in [1.807, 2.05) is 45.0 Å². The van der Waals surface area contributed by atoms with Gasteiger partial charge in [-0.1, -0.05) is 29.8 Å². The maximum absolute atomic E-state index is 12.3. The largest absolute Gasteiger partial charge is 0.348 e. The second-order valence-electron chi connectivity index (χ2n) is 5.58. The van der Waals surface area contributed by atoms with Gasteiger partial charge in [0.1, 0.15) is 5.69 Å². The Morgan fingerprint density at radius 3 is 2.54 bits per heavy atom. The van der Waals surface area contributed by atoms with Gasteiger partial charge in [-0.05, 0) is 38.5 Å². The van der Waals surface area contributed by atoms with Crippen LogP contribution in [0.25, 0.3) is 0 Å². The first-order valence-corrected chi connectivity index (χ1v) is 8.14. The number of aryl methyl sites for hydroxylation is 1. The van der Waals surface area contributed by atoms with Crippen LogP contribution in [0.15, 0.2) is 42.6 Å². The van der Waals surface area contributed by atoms with Crippen LogP contribution in [-0.4, -0.2) is 34.8 Å². The second kappa shape index (κ2) is 8.24. The molecular formula is C19H23N3O2. The molecule has 0 aliphatic rings. The first-order valence-electron chi connectivity index (χ1n) is 8.14. The molecule has 1 N–H and O–H groups in total. The molecule has 2 amide bonds. The van der Waals surface area contributed by atoms with Gasteiger partial charge in [0.05, 0.1) is 0 Å². The fourth-order valence-corrected chi connectivity index (χ4v) is 2.47. The number of nitrogens with zero attached hydrogens (tertiary/aromatic N) is 2. The molecule has 0 bridgehead atoms. The molecule has 1 aromatic carbocycles. The van der Waals surface area contributed by atoms with Gasteiger partial charge in [-0.25, -0.2) is 0 Å². The highest BCUT2D eigenvalue weighted by molar-refractivity contribution is 5.98. The number of carbonyl (C=O) groups is 2. The van der Waals surface area contributed by atoms with Gasteiger partial charge in [0.2, 0.25) is 0 Å². The highest BCUT2D eigenvalue weighted by atomic mass is 16.2. The molecule has 2 aromatic rings. The van der Waals surface area contributed by atoms with Crippen LogP contribution >= 0.6 is 0 Å². The van der Waals surface area contributed by atoms with Gasteiger partial charge in [0.25, 0.3) is 11.8 Å². The second-order valence-corrected chi connectivity index (χ2v) is 5.58. The quantitative estimate of drug-likeness (QED) is 0.888. The highest BCUT2D eigenvalue weighted by Gasteiger charge is 2.16. The average Bonchev–Trinajstić information content (AvgIpc) is 2.61. The Bertz CT molecular complexity index is 724. The van der Waals surface area contributed by atoms with E-state index in [-0.39, 0.29) is 11.8 Å². The van der Waals surface area contributed by atoms with Crippen molar-refractivity contribution in [2.24, 2.45) is 0 Å². The fraction of sp³-hybridized carbons (Fsp3) is 0.316. The van der Waals surface area contributed by atoms with Gasteiger partial charge in [-0.15, -0.1) is 0 Å². The smallest absolute Gasteiger partial charge is 0.272 e. The first-order chi connectivity index (χ1) is 11.5. The molecule has 5 heteroatoms. The minimum absolute atomic E-state index is 0.159. The number of hydrogen-bond donors (Lipinski definition) is 1. The molecule has 5 nitrogen and oxygen atoms in total. The predicted molar refractivity (Wildman–Crippen MR) is 93.8 cm³/mol. The standard InChI is InChI=1S/C19H23N3O2/c1-4-22(5-2)19(24)17-12-16(9-10-20-17)18(23)21-13-15-8-6-7-14(3)11-15/h6-12H,4-5,13H2,1-3H3,(H,21,23). The Hall–Kier alpha value is -2.69. The lowest BCUT2D eigenvalue weighted by atomic mass is 10.1. The number of benzene rings is 1. The van der Waals surface area contributed by atoms with Crippen LogP contribution in [0.5, 0.6) is 0 Å². The molecule has 0 unspecified atom stereocenters. The van der Waals surface area contributed by atoms with E-state index >= 15 is 0 Å². The summed E-state index contributed by atoms with van der Waals surface area (Å²) in [6.45, 7) is 7.52. The molecule has 0 aliphatic heterocycles. The van der Waals surface area contributed by atoms with Crippen molar-refractivity contribution in [1.82, 2.24) is 15.2 Å². The normalized spacial score (nSPS) is 10.3. The summed E-state index contributed by atoms with van der Waals surface area (Å²) < 4.78 is 0. The summed E-state index contributed by atoms with van der Waals surface area (Å²) in [5, 5.41) is 2.87. The Morgan fingerprint density at radius 1 is 1.12 bits per heavy atom. The summed E-state index contributed by atoms with van der Waals surface area (Å²) in [7, 11) is 0. The fourth-order valence-electron chi connectivity index (χ4n) is 2.47. The number of rotatable bonds is 6. The maximum Gasteiger partial charge on any atom is 0.272 e. The Balaban J connectivity index is 2.07. The summed E-state index contributed by atoms with van der Waals surface area (Å²) in [6.07, 6.45) is 1.50. The third-order valence-corrected chi connectivity index (χ3v) is 3.83. The minimum atomic E-state index is -0.215. The third-order valence-electron chi connectivity index (χ3n) is 3.83. The van der Waals surface area contributed by atoms with E-state index in [2.05, 4.69) is 10.3 Å². The molecular weight excluding hydrogens is 302 g/mol. The zero-order valence-electron chi connectivity index (χ0n) is 14.4. The van der Waals surface area contributed by atoms with Crippen molar-refractivity contribution >= 4 is 11.8 Å². The van der Waals surface area contributed by atoms with Gasteiger partial charge in [0, 0.05) is 31.4 Å². The summed E-state index contributed by atoms with van der Waals surface area (Å²) in [6, 6.07) is 11.1.